The summed E-state index contributed by atoms with van der Waals surface area (Å²) in [5.41, 5.74) is 3.92. The fourth-order valence-electron chi connectivity index (χ4n) is 3.16. The highest BCUT2D eigenvalue weighted by Crippen LogP contribution is 2.31. The number of hydrogen-bond donors (Lipinski definition) is 1. The van der Waals surface area contributed by atoms with Gasteiger partial charge in [0.15, 0.2) is 5.82 Å². The minimum Gasteiger partial charge on any atom is -0.481 e. The zero-order valence-corrected chi connectivity index (χ0v) is 16.7. The van der Waals surface area contributed by atoms with Gasteiger partial charge in [-0.15, -0.1) is 0 Å². The van der Waals surface area contributed by atoms with Crippen LogP contribution >= 0.6 is 11.6 Å². The minimum absolute atomic E-state index is 0.0467. The van der Waals surface area contributed by atoms with Crippen LogP contribution in [0, 0.1) is 5.82 Å². The van der Waals surface area contributed by atoms with Crippen molar-refractivity contribution in [1.82, 2.24) is 15.0 Å². The molecule has 5 nitrogen and oxygen atoms in total. The molecule has 0 atom stereocenters. The minimum atomic E-state index is -0.524. The fourth-order valence-corrected chi connectivity index (χ4v) is 3.33. The number of aryl methyl sites for hydroxylation is 1. The van der Waals surface area contributed by atoms with E-state index in [2.05, 4.69) is 33.3 Å². The molecule has 0 amide bonds. The van der Waals surface area contributed by atoms with Crippen LogP contribution in [0.15, 0.2) is 55.0 Å². The molecule has 0 spiro atoms. The van der Waals surface area contributed by atoms with Gasteiger partial charge in [0, 0.05) is 22.7 Å². The molecule has 0 saturated heterocycles. The van der Waals surface area contributed by atoms with Crippen molar-refractivity contribution >= 4 is 34.0 Å². The molecule has 146 valence electrons. The zero-order chi connectivity index (χ0) is 20.4. The van der Waals surface area contributed by atoms with E-state index in [-0.39, 0.29) is 10.7 Å². The van der Waals surface area contributed by atoms with Crippen LogP contribution in [0.25, 0.3) is 22.0 Å². The number of ether oxygens (including phenoxy) is 1. The summed E-state index contributed by atoms with van der Waals surface area (Å²) in [4.78, 5) is 13.0. The van der Waals surface area contributed by atoms with Crippen molar-refractivity contribution in [2.45, 2.75) is 13.3 Å². The number of nitrogens with zero attached hydrogens (tertiary/aromatic N) is 3. The van der Waals surface area contributed by atoms with Gasteiger partial charge in [-0.2, -0.15) is 0 Å². The lowest BCUT2D eigenvalue weighted by Crippen LogP contribution is -1.99. The Bertz CT molecular complexity index is 1200. The van der Waals surface area contributed by atoms with Gasteiger partial charge in [-0.25, -0.2) is 19.3 Å². The van der Waals surface area contributed by atoms with Gasteiger partial charge in [-0.3, -0.25) is 0 Å². The third-order valence-corrected chi connectivity index (χ3v) is 4.96. The van der Waals surface area contributed by atoms with Gasteiger partial charge >= 0.3 is 0 Å². The van der Waals surface area contributed by atoms with Crippen molar-refractivity contribution in [2.24, 2.45) is 0 Å². The molecule has 0 fully saturated rings. The molecule has 1 N–H and O–H groups in total. The number of nitrogens with one attached hydrogen (secondary N) is 1. The first-order valence-electron chi connectivity index (χ1n) is 9.09. The monoisotopic (exact) mass is 408 g/mol. The summed E-state index contributed by atoms with van der Waals surface area (Å²) in [5, 5.41) is 3.84. The summed E-state index contributed by atoms with van der Waals surface area (Å²) in [6, 6.07) is 12.7. The van der Waals surface area contributed by atoms with E-state index in [1.165, 1.54) is 12.4 Å². The van der Waals surface area contributed by atoms with Gasteiger partial charge in [0.05, 0.1) is 23.3 Å². The highest BCUT2D eigenvalue weighted by molar-refractivity contribution is 6.31. The second kappa shape index (κ2) is 8.01. The molecule has 0 aliphatic rings. The maximum absolute atomic E-state index is 14.3. The molecular weight excluding hydrogens is 391 g/mol. The second-order valence-electron chi connectivity index (χ2n) is 6.43. The molecule has 2 aromatic heterocycles. The number of fused-ring (bicyclic) bond motifs is 1. The summed E-state index contributed by atoms with van der Waals surface area (Å²) in [6.45, 7) is 2.05. The zero-order valence-electron chi connectivity index (χ0n) is 15.9. The normalized spacial score (nSPS) is 10.9. The summed E-state index contributed by atoms with van der Waals surface area (Å²) >= 11 is 5.89. The molecule has 4 aromatic rings. The number of halogens is 2. The lowest BCUT2D eigenvalue weighted by atomic mass is 10.0. The third kappa shape index (κ3) is 3.71. The molecule has 0 radical (unpaired) electrons. The van der Waals surface area contributed by atoms with Crippen LogP contribution in [0.4, 0.5) is 15.9 Å². The molecular formula is C22H18ClFN4O. The van der Waals surface area contributed by atoms with Crippen LogP contribution in [0.2, 0.25) is 5.02 Å². The SMILES string of the molecule is CCc1cc(-c2ccc3ncnc(Nc4cccc(Cl)c4F)c3c2)cnc1OC. The molecule has 2 aromatic carbocycles. The van der Waals surface area contributed by atoms with E-state index in [1.807, 2.05) is 18.2 Å². The van der Waals surface area contributed by atoms with Gasteiger partial charge < -0.3 is 10.1 Å². The Morgan fingerprint density at radius 3 is 2.72 bits per heavy atom. The Morgan fingerprint density at radius 2 is 1.93 bits per heavy atom. The number of benzene rings is 2. The van der Waals surface area contributed by atoms with Gasteiger partial charge in [0.1, 0.15) is 12.1 Å². The smallest absolute Gasteiger partial charge is 0.216 e. The Morgan fingerprint density at radius 1 is 1.07 bits per heavy atom. The maximum Gasteiger partial charge on any atom is 0.216 e. The summed E-state index contributed by atoms with van der Waals surface area (Å²) < 4.78 is 19.6. The Labute approximate surface area is 172 Å². The number of anilines is 2. The van der Waals surface area contributed by atoms with Gasteiger partial charge in [0.2, 0.25) is 5.88 Å². The number of methoxy groups -OCH3 is 1. The molecule has 0 aliphatic heterocycles. The van der Waals surface area contributed by atoms with E-state index in [1.54, 1.807) is 25.4 Å². The largest absolute Gasteiger partial charge is 0.481 e. The fraction of sp³-hybridized carbons (Fsp3) is 0.136. The van der Waals surface area contributed by atoms with Crippen molar-refractivity contribution in [3.05, 3.63) is 71.4 Å². The predicted octanol–water partition coefficient (Wildman–Crippen LogP) is 5.80. The van der Waals surface area contributed by atoms with Gasteiger partial charge in [-0.05, 0) is 42.3 Å². The maximum atomic E-state index is 14.3. The van der Waals surface area contributed by atoms with E-state index >= 15 is 0 Å². The average Bonchev–Trinajstić information content (AvgIpc) is 2.76. The molecule has 4 rings (SSSR count). The van der Waals surface area contributed by atoms with Crippen LogP contribution in [-0.4, -0.2) is 22.1 Å². The molecule has 29 heavy (non-hydrogen) atoms. The second-order valence-corrected chi connectivity index (χ2v) is 6.83. The number of aromatic nitrogens is 3. The lowest BCUT2D eigenvalue weighted by molar-refractivity contribution is 0.393. The first-order valence-corrected chi connectivity index (χ1v) is 9.47. The summed E-state index contributed by atoms with van der Waals surface area (Å²) in [6.07, 6.45) is 4.02. The number of rotatable bonds is 5. The van der Waals surface area contributed by atoms with E-state index in [0.717, 1.165) is 34.0 Å². The van der Waals surface area contributed by atoms with Crippen LogP contribution in [-0.2, 0) is 6.42 Å². The average molecular weight is 409 g/mol. The standard InChI is InChI=1S/C22H18ClFN4O/c1-3-13-9-15(11-25-22(13)29-2)14-7-8-18-16(10-14)21(27-12-26-18)28-19-6-4-5-17(23)20(19)24/h4-12H,3H2,1-2H3,(H,26,27,28). The van der Waals surface area contributed by atoms with Crippen molar-refractivity contribution in [3.8, 4) is 17.0 Å². The summed E-state index contributed by atoms with van der Waals surface area (Å²) in [5.74, 6) is 0.596. The van der Waals surface area contributed by atoms with E-state index in [4.69, 9.17) is 16.3 Å². The highest BCUT2D eigenvalue weighted by Gasteiger charge is 2.12. The van der Waals surface area contributed by atoms with Crippen LogP contribution < -0.4 is 10.1 Å². The molecule has 0 unspecified atom stereocenters. The third-order valence-electron chi connectivity index (χ3n) is 4.67. The quantitative estimate of drug-likeness (QED) is 0.452. The summed E-state index contributed by atoms with van der Waals surface area (Å²) in [7, 11) is 1.61. The molecule has 0 bridgehead atoms. The lowest BCUT2D eigenvalue weighted by Gasteiger charge is -2.12. The van der Waals surface area contributed by atoms with Crippen LogP contribution in [0.3, 0.4) is 0 Å². The van der Waals surface area contributed by atoms with Crippen LogP contribution in [0.1, 0.15) is 12.5 Å². The molecule has 0 saturated carbocycles. The van der Waals surface area contributed by atoms with Crippen LogP contribution in [0.5, 0.6) is 5.88 Å². The molecule has 7 heteroatoms. The molecule has 2 heterocycles. The van der Waals surface area contributed by atoms with E-state index in [0.29, 0.717) is 11.7 Å². The first kappa shape index (κ1) is 19.1. The molecule has 0 aliphatic carbocycles. The highest BCUT2D eigenvalue weighted by atomic mass is 35.5. The Kier molecular flexibility index (Phi) is 5.27. The topological polar surface area (TPSA) is 59.9 Å². The first-order chi connectivity index (χ1) is 14.1. The van der Waals surface area contributed by atoms with Crippen molar-refractivity contribution in [3.63, 3.8) is 0 Å². The Hall–Kier alpha value is -3.25. The van der Waals surface area contributed by atoms with Crippen molar-refractivity contribution < 1.29 is 9.13 Å². The number of hydrogen-bond acceptors (Lipinski definition) is 5. The van der Waals surface area contributed by atoms with E-state index < -0.39 is 5.82 Å². The predicted molar refractivity (Wildman–Crippen MR) is 113 cm³/mol. The van der Waals surface area contributed by atoms with Crippen molar-refractivity contribution in [1.29, 1.82) is 0 Å². The number of pyridine rings is 1. The van der Waals surface area contributed by atoms with E-state index in [9.17, 15) is 4.39 Å². The van der Waals surface area contributed by atoms with Crippen molar-refractivity contribution in [2.75, 3.05) is 12.4 Å². The Balaban J connectivity index is 1.79. The van der Waals surface area contributed by atoms with Gasteiger partial charge in [0.25, 0.3) is 0 Å². The van der Waals surface area contributed by atoms with Gasteiger partial charge in [-0.1, -0.05) is 30.7 Å².